The Hall–Kier alpha value is -1.10. The Morgan fingerprint density at radius 3 is 2.31 bits per heavy atom. The van der Waals surface area contributed by atoms with Crippen LogP contribution in [-0.2, 0) is 19.2 Å². The maximum atomic E-state index is 10.9. The van der Waals surface area contributed by atoms with E-state index in [9.17, 15) is 14.4 Å². The molecule has 1 rings (SSSR count). The summed E-state index contributed by atoms with van der Waals surface area (Å²) in [5.41, 5.74) is 0. The zero-order chi connectivity index (χ0) is 10.0. The number of alkyl halides is 1. The van der Waals surface area contributed by atoms with Gasteiger partial charge < -0.3 is 4.84 Å². The normalized spacial score (nSPS) is 19.1. The molecule has 0 spiro atoms. The lowest BCUT2D eigenvalue weighted by atomic mass is 10.4. The number of halogens is 1. The summed E-state index contributed by atoms with van der Waals surface area (Å²) in [6, 6.07) is 0. The average Bonchev–Trinajstić information content (AvgIpc) is 2.35. The van der Waals surface area contributed by atoms with Gasteiger partial charge in [0.25, 0.3) is 11.8 Å². The minimum absolute atomic E-state index is 0.0861. The molecule has 1 saturated heterocycles. The van der Waals surface area contributed by atoms with Crippen molar-refractivity contribution in [1.29, 1.82) is 0 Å². The Kier molecular flexibility index (Phi) is 2.87. The van der Waals surface area contributed by atoms with Gasteiger partial charge in [0.1, 0.15) is 5.38 Å². The summed E-state index contributed by atoms with van der Waals surface area (Å²) >= 11 is 5.38. The molecule has 0 aromatic heterocycles. The van der Waals surface area contributed by atoms with Crippen LogP contribution in [0.25, 0.3) is 0 Å². The van der Waals surface area contributed by atoms with Crippen molar-refractivity contribution in [3.63, 3.8) is 0 Å². The van der Waals surface area contributed by atoms with Crippen molar-refractivity contribution in [2.24, 2.45) is 0 Å². The summed E-state index contributed by atoms with van der Waals surface area (Å²) in [6.07, 6.45) is 0.172. The fraction of sp³-hybridized carbons (Fsp3) is 0.571. The molecule has 0 aliphatic carbocycles. The van der Waals surface area contributed by atoms with Gasteiger partial charge in [0, 0.05) is 12.8 Å². The number of hydrogen-bond acceptors (Lipinski definition) is 4. The second-order valence-corrected chi connectivity index (χ2v) is 3.26. The van der Waals surface area contributed by atoms with Gasteiger partial charge in [-0.1, -0.05) is 0 Å². The summed E-state index contributed by atoms with van der Waals surface area (Å²) in [5, 5.41) is -0.400. The van der Waals surface area contributed by atoms with Gasteiger partial charge in [0.15, 0.2) is 0 Å². The van der Waals surface area contributed by atoms with Crippen LogP contribution in [0.2, 0.25) is 0 Å². The molecule has 13 heavy (non-hydrogen) atoms. The fourth-order valence-corrected chi connectivity index (χ4v) is 0.860. The molecular weight excluding hydrogens is 198 g/mol. The molecule has 1 heterocycles. The average molecular weight is 206 g/mol. The van der Waals surface area contributed by atoms with Crippen LogP contribution in [0.1, 0.15) is 19.8 Å². The first-order valence-corrected chi connectivity index (χ1v) is 4.17. The van der Waals surface area contributed by atoms with E-state index in [0.29, 0.717) is 5.06 Å². The second-order valence-electron chi connectivity index (χ2n) is 2.61. The quantitative estimate of drug-likeness (QED) is 0.478. The van der Waals surface area contributed by atoms with Gasteiger partial charge in [-0.3, -0.25) is 9.59 Å². The van der Waals surface area contributed by atoms with Gasteiger partial charge in [-0.15, -0.1) is 16.7 Å². The first-order chi connectivity index (χ1) is 6.02. The summed E-state index contributed by atoms with van der Waals surface area (Å²) in [4.78, 5) is 37.2. The Morgan fingerprint density at radius 2 is 1.92 bits per heavy atom. The predicted molar refractivity (Wildman–Crippen MR) is 42.5 cm³/mol. The number of amides is 2. The topological polar surface area (TPSA) is 63.7 Å². The SMILES string of the molecule is CC(Cl)C(=O)ON1C(=O)CCC1=O. The van der Waals surface area contributed by atoms with Crippen molar-refractivity contribution in [2.75, 3.05) is 0 Å². The van der Waals surface area contributed by atoms with Crippen LogP contribution in [-0.4, -0.2) is 28.2 Å². The van der Waals surface area contributed by atoms with Gasteiger partial charge >= 0.3 is 5.97 Å². The first-order valence-electron chi connectivity index (χ1n) is 3.74. The molecule has 0 N–H and O–H groups in total. The van der Waals surface area contributed by atoms with E-state index in [2.05, 4.69) is 4.84 Å². The van der Waals surface area contributed by atoms with Gasteiger partial charge in [-0.25, -0.2) is 4.79 Å². The lowest BCUT2D eigenvalue weighted by Crippen LogP contribution is -2.34. The van der Waals surface area contributed by atoms with Crippen LogP contribution in [0.3, 0.4) is 0 Å². The molecule has 2 amide bonds. The third kappa shape index (κ3) is 2.18. The summed E-state index contributed by atoms with van der Waals surface area (Å²) in [7, 11) is 0. The fourth-order valence-electron chi connectivity index (χ4n) is 0.820. The van der Waals surface area contributed by atoms with E-state index in [-0.39, 0.29) is 12.8 Å². The van der Waals surface area contributed by atoms with Gasteiger partial charge in [-0.2, -0.15) is 0 Å². The maximum absolute atomic E-state index is 10.9. The van der Waals surface area contributed by atoms with Crippen molar-refractivity contribution in [3.8, 4) is 0 Å². The highest BCUT2D eigenvalue weighted by atomic mass is 35.5. The molecule has 0 aromatic rings. The van der Waals surface area contributed by atoms with E-state index in [1.165, 1.54) is 6.92 Å². The molecular formula is C7H8ClNO4. The highest BCUT2D eigenvalue weighted by Gasteiger charge is 2.33. The Bertz CT molecular complexity index is 247. The third-order valence-corrected chi connectivity index (χ3v) is 1.69. The lowest BCUT2D eigenvalue weighted by molar-refractivity contribution is -0.196. The van der Waals surface area contributed by atoms with Crippen LogP contribution in [0.4, 0.5) is 0 Å². The Morgan fingerprint density at radius 1 is 1.46 bits per heavy atom. The molecule has 0 bridgehead atoms. The number of carbonyl (C=O) groups is 3. The predicted octanol–water partition coefficient (Wildman–Crippen LogP) is 0.221. The van der Waals surface area contributed by atoms with Gasteiger partial charge in [-0.05, 0) is 6.92 Å². The third-order valence-electron chi connectivity index (χ3n) is 1.51. The molecule has 0 radical (unpaired) electrons. The van der Waals surface area contributed by atoms with Crippen molar-refractivity contribution >= 4 is 29.4 Å². The number of rotatable bonds is 2. The first kappa shape index (κ1) is 9.98. The van der Waals surface area contributed by atoms with Gasteiger partial charge in [0.2, 0.25) is 0 Å². The lowest BCUT2D eigenvalue weighted by Gasteiger charge is -2.12. The molecule has 1 atom stereocenters. The van der Waals surface area contributed by atoms with Gasteiger partial charge in [0.05, 0.1) is 0 Å². The molecule has 1 unspecified atom stereocenters. The number of hydroxylamine groups is 2. The summed E-state index contributed by atoms with van der Waals surface area (Å²) in [5.74, 6) is -1.81. The van der Waals surface area contributed by atoms with Crippen molar-refractivity contribution < 1.29 is 19.2 Å². The maximum Gasteiger partial charge on any atom is 0.350 e. The van der Waals surface area contributed by atoms with Crippen LogP contribution in [0.15, 0.2) is 0 Å². The van der Waals surface area contributed by atoms with Crippen LogP contribution in [0.5, 0.6) is 0 Å². The van der Waals surface area contributed by atoms with Crippen LogP contribution >= 0.6 is 11.6 Å². The standard InChI is InChI=1S/C7H8ClNO4/c1-4(8)7(12)13-9-5(10)2-3-6(9)11/h4H,2-3H2,1H3. The molecule has 1 fully saturated rings. The Balaban J connectivity index is 2.58. The number of hydrogen-bond donors (Lipinski definition) is 0. The zero-order valence-electron chi connectivity index (χ0n) is 6.95. The molecule has 1 aliphatic heterocycles. The van der Waals surface area contributed by atoms with Crippen molar-refractivity contribution in [2.45, 2.75) is 25.1 Å². The molecule has 1 aliphatic rings. The highest BCUT2D eigenvalue weighted by Crippen LogP contribution is 2.13. The summed E-state index contributed by atoms with van der Waals surface area (Å²) < 4.78 is 0. The van der Waals surface area contributed by atoms with E-state index in [1.807, 2.05) is 0 Å². The zero-order valence-corrected chi connectivity index (χ0v) is 7.71. The van der Waals surface area contributed by atoms with E-state index >= 15 is 0 Å². The molecule has 72 valence electrons. The molecule has 0 aromatic carbocycles. The smallest absolute Gasteiger partial charge is 0.329 e. The second kappa shape index (κ2) is 3.74. The van der Waals surface area contributed by atoms with Crippen LogP contribution in [0, 0.1) is 0 Å². The summed E-state index contributed by atoms with van der Waals surface area (Å²) in [6.45, 7) is 1.40. The molecule has 6 heteroatoms. The number of carbonyl (C=O) groups excluding carboxylic acids is 3. The van der Waals surface area contributed by atoms with E-state index in [1.54, 1.807) is 0 Å². The van der Waals surface area contributed by atoms with E-state index in [4.69, 9.17) is 11.6 Å². The van der Waals surface area contributed by atoms with E-state index < -0.39 is 23.2 Å². The highest BCUT2D eigenvalue weighted by molar-refractivity contribution is 6.29. The monoisotopic (exact) mass is 205 g/mol. The van der Waals surface area contributed by atoms with E-state index in [0.717, 1.165) is 0 Å². The number of nitrogens with zero attached hydrogens (tertiary/aromatic N) is 1. The van der Waals surface area contributed by atoms with Crippen LogP contribution < -0.4 is 0 Å². The minimum Gasteiger partial charge on any atom is -0.329 e. The number of imide groups is 1. The van der Waals surface area contributed by atoms with Crippen molar-refractivity contribution in [3.05, 3.63) is 0 Å². The Labute approximate surface area is 79.5 Å². The largest absolute Gasteiger partial charge is 0.350 e. The minimum atomic E-state index is -0.874. The molecule has 5 nitrogen and oxygen atoms in total. The molecule has 0 saturated carbocycles. The van der Waals surface area contributed by atoms with Crippen molar-refractivity contribution in [1.82, 2.24) is 5.06 Å².